The van der Waals surface area contributed by atoms with Crippen molar-refractivity contribution in [1.82, 2.24) is 0 Å². The van der Waals surface area contributed by atoms with Crippen LogP contribution in [-0.2, 0) is 9.84 Å². The third kappa shape index (κ3) is 2.99. The molecule has 4 nitrogen and oxygen atoms in total. The molecule has 7 heteroatoms. The Bertz CT molecular complexity index is 625. The molecule has 1 saturated heterocycles. The monoisotopic (exact) mass is 316 g/mol. The molecule has 1 aromatic carbocycles. The molecule has 0 aromatic heterocycles. The van der Waals surface area contributed by atoms with E-state index >= 15 is 0 Å². The Morgan fingerprint density at radius 1 is 1.53 bits per heavy atom. The highest BCUT2D eigenvalue weighted by molar-refractivity contribution is 8.01. The molecule has 102 valence electrons. The van der Waals surface area contributed by atoms with Crippen LogP contribution in [-0.4, -0.2) is 38.1 Å². The van der Waals surface area contributed by atoms with Gasteiger partial charge >= 0.3 is 0 Å². The van der Waals surface area contributed by atoms with Gasteiger partial charge in [0.2, 0.25) is 0 Å². The second-order valence-electron chi connectivity index (χ2n) is 4.30. The van der Waals surface area contributed by atoms with Crippen LogP contribution in [0.3, 0.4) is 0 Å². The van der Waals surface area contributed by atoms with Gasteiger partial charge in [-0.3, -0.25) is 0 Å². The van der Waals surface area contributed by atoms with Crippen LogP contribution in [0.1, 0.15) is 5.56 Å². The number of rotatable bonds is 2. The van der Waals surface area contributed by atoms with Crippen LogP contribution in [0, 0.1) is 11.3 Å². The second kappa shape index (κ2) is 5.61. The van der Waals surface area contributed by atoms with Gasteiger partial charge in [0.1, 0.15) is 11.4 Å². The Morgan fingerprint density at radius 3 is 2.89 bits per heavy atom. The summed E-state index contributed by atoms with van der Waals surface area (Å²) in [5, 5.41) is 8.96. The first-order valence-corrected chi connectivity index (χ1v) is 9.15. The first kappa shape index (κ1) is 14.5. The Hall–Kier alpha value is -0.900. The molecule has 1 atom stereocenters. The fraction of sp³-hybridized carbons (Fsp3) is 0.417. The van der Waals surface area contributed by atoms with Crippen LogP contribution in [0.5, 0.6) is 0 Å². The maximum absolute atomic E-state index is 11.9. The van der Waals surface area contributed by atoms with Crippen molar-refractivity contribution in [3.63, 3.8) is 0 Å². The van der Waals surface area contributed by atoms with E-state index in [2.05, 4.69) is 6.07 Å². The first-order chi connectivity index (χ1) is 8.95. The Balaban J connectivity index is 2.50. The summed E-state index contributed by atoms with van der Waals surface area (Å²) in [5.74, 6) is 1.35. The third-order valence-electron chi connectivity index (χ3n) is 2.99. The zero-order valence-electron chi connectivity index (χ0n) is 10.3. The standard InChI is InChI=1S/C12H13ClN2O2S2/c1-19(16,17)12-8-18-6-5-15(12)11-4-2-3-10(13)9(11)7-14/h2-4,12H,5-6,8H2,1H3. The van der Waals surface area contributed by atoms with Crippen LogP contribution in [0.15, 0.2) is 18.2 Å². The van der Waals surface area contributed by atoms with Gasteiger partial charge in [0.15, 0.2) is 9.84 Å². The van der Waals surface area contributed by atoms with Crippen molar-refractivity contribution in [2.24, 2.45) is 0 Å². The zero-order chi connectivity index (χ0) is 14.0. The van der Waals surface area contributed by atoms with Crippen molar-refractivity contribution in [1.29, 1.82) is 5.26 Å². The predicted octanol–water partition coefficient (Wildman–Crippen LogP) is 2.14. The Kier molecular flexibility index (Phi) is 4.29. The van der Waals surface area contributed by atoms with E-state index in [0.29, 0.717) is 28.6 Å². The molecule has 1 heterocycles. The maximum Gasteiger partial charge on any atom is 0.169 e. The molecule has 0 saturated carbocycles. The van der Waals surface area contributed by atoms with Crippen molar-refractivity contribution in [2.45, 2.75) is 5.37 Å². The summed E-state index contributed by atoms with van der Waals surface area (Å²) in [5.41, 5.74) is 0.940. The Labute approximate surface area is 122 Å². The molecule has 0 bridgehead atoms. The van der Waals surface area contributed by atoms with Gasteiger partial charge in [-0.15, -0.1) is 0 Å². The van der Waals surface area contributed by atoms with Crippen molar-refractivity contribution in [3.05, 3.63) is 28.8 Å². The average molecular weight is 317 g/mol. The van der Waals surface area contributed by atoms with Crippen molar-refractivity contribution in [2.75, 3.05) is 29.2 Å². The molecule has 0 spiro atoms. The van der Waals surface area contributed by atoms with Crippen LogP contribution in [0.4, 0.5) is 5.69 Å². The van der Waals surface area contributed by atoms with E-state index in [1.54, 1.807) is 34.9 Å². The number of thioether (sulfide) groups is 1. The number of nitrogens with zero attached hydrogens (tertiary/aromatic N) is 2. The molecule has 0 N–H and O–H groups in total. The molecule has 0 aliphatic carbocycles. The van der Waals surface area contributed by atoms with Crippen molar-refractivity contribution in [3.8, 4) is 6.07 Å². The summed E-state index contributed by atoms with van der Waals surface area (Å²) < 4.78 is 23.8. The minimum Gasteiger partial charge on any atom is -0.352 e. The van der Waals surface area contributed by atoms with E-state index in [1.165, 1.54) is 6.26 Å². The van der Waals surface area contributed by atoms with Gasteiger partial charge in [0.25, 0.3) is 0 Å². The number of hydrogen-bond acceptors (Lipinski definition) is 5. The lowest BCUT2D eigenvalue weighted by Crippen LogP contribution is -2.47. The highest BCUT2D eigenvalue weighted by Gasteiger charge is 2.32. The van der Waals surface area contributed by atoms with E-state index < -0.39 is 15.2 Å². The van der Waals surface area contributed by atoms with Crippen molar-refractivity contribution < 1.29 is 8.42 Å². The molecule has 1 unspecified atom stereocenters. The molecular weight excluding hydrogens is 304 g/mol. The zero-order valence-corrected chi connectivity index (χ0v) is 12.7. The van der Waals surface area contributed by atoms with E-state index in [9.17, 15) is 13.7 Å². The lowest BCUT2D eigenvalue weighted by Gasteiger charge is -2.36. The number of nitriles is 1. The number of hydrogen-bond donors (Lipinski definition) is 0. The van der Waals surface area contributed by atoms with Gasteiger partial charge in [0.05, 0.1) is 16.3 Å². The molecule has 19 heavy (non-hydrogen) atoms. The first-order valence-electron chi connectivity index (χ1n) is 5.67. The number of anilines is 1. The summed E-state index contributed by atoms with van der Waals surface area (Å²) >= 11 is 7.62. The lowest BCUT2D eigenvalue weighted by atomic mass is 10.1. The maximum atomic E-state index is 11.9. The molecule has 0 radical (unpaired) electrons. The molecule has 1 aliphatic heterocycles. The SMILES string of the molecule is CS(=O)(=O)C1CSCCN1c1cccc(Cl)c1C#N. The van der Waals surface area contributed by atoms with E-state index in [0.717, 1.165) is 5.75 Å². The molecule has 0 amide bonds. The van der Waals surface area contributed by atoms with Crippen LogP contribution in [0.25, 0.3) is 0 Å². The number of halogens is 1. The minimum atomic E-state index is -3.21. The number of benzene rings is 1. The topological polar surface area (TPSA) is 61.2 Å². The number of sulfone groups is 1. The highest BCUT2D eigenvalue weighted by atomic mass is 35.5. The molecule has 1 aliphatic rings. The third-order valence-corrected chi connectivity index (χ3v) is 5.95. The summed E-state index contributed by atoms with van der Waals surface area (Å²) in [6.07, 6.45) is 1.23. The fourth-order valence-electron chi connectivity index (χ4n) is 2.07. The molecule has 1 fully saturated rings. The van der Waals surface area contributed by atoms with Gasteiger partial charge in [0, 0.05) is 24.3 Å². The minimum absolute atomic E-state index is 0.338. The highest BCUT2D eigenvalue weighted by Crippen LogP contribution is 2.32. The van der Waals surface area contributed by atoms with E-state index in [1.807, 2.05) is 0 Å². The summed E-state index contributed by atoms with van der Waals surface area (Å²) in [6, 6.07) is 7.18. The average Bonchev–Trinajstić information content (AvgIpc) is 2.37. The quantitative estimate of drug-likeness (QED) is 0.836. The lowest BCUT2D eigenvalue weighted by molar-refractivity contribution is 0.584. The van der Waals surface area contributed by atoms with Crippen LogP contribution >= 0.6 is 23.4 Å². The second-order valence-corrected chi connectivity index (χ2v) is 8.06. The van der Waals surface area contributed by atoms with Crippen LogP contribution in [0.2, 0.25) is 5.02 Å². The van der Waals surface area contributed by atoms with E-state index in [-0.39, 0.29) is 0 Å². The van der Waals surface area contributed by atoms with Gasteiger partial charge in [-0.25, -0.2) is 8.42 Å². The Morgan fingerprint density at radius 2 is 2.26 bits per heavy atom. The molecule has 1 aromatic rings. The van der Waals surface area contributed by atoms with Gasteiger partial charge in [-0.1, -0.05) is 17.7 Å². The smallest absolute Gasteiger partial charge is 0.169 e. The normalized spacial score (nSPS) is 20.1. The molecular formula is C12H13ClN2O2S2. The van der Waals surface area contributed by atoms with Gasteiger partial charge < -0.3 is 4.90 Å². The summed E-state index contributed by atoms with van der Waals surface area (Å²) in [4.78, 5) is 1.77. The predicted molar refractivity (Wildman–Crippen MR) is 79.5 cm³/mol. The summed E-state index contributed by atoms with van der Waals surface area (Å²) in [7, 11) is -3.21. The summed E-state index contributed by atoms with van der Waals surface area (Å²) in [6.45, 7) is 0.595. The largest absolute Gasteiger partial charge is 0.352 e. The van der Waals surface area contributed by atoms with Crippen LogP contribution < -0.4 is 4.90 Å². The van der Waals surface area contributed by atoms with Gasteiger partial charge in [-0.05, 0) is 12.1 Å². The van der Waals surface area contributed by atoms with Crippen molar-refractivity contribution >= 4 is 38.9 Å². The fourth-order valence-corrected chi connectivity index (χ4v) is 5.12. The molecule has 2 rings (SSSR count). The van der Waals surface area contributed by atoms with E-state index in [4.69, 9.17) is 11.6 Å². The van der Waals surface area contributed by atoms with Gasteiger partial charge in [-0.2, -0.15) is 17.0 Å².